The van der Waals surface area contributed by atoms with Gasteiger partial charge in [-0.1, -0.05) is 66.5 Å². The molecule has 0 saturated heterocycles. The van der Waals surface area contributed by atoms with Gasteiger partial charge in [-0.25, -0.2) is 0 Å². The van der Waals surface area contributed by atoms with E-state index in [1.54, 1.807) is 79.7 Å². The Kier molecular flexibility index (Phi) is 6.49. The molecule has 3 aromatic carbocycles. The maximum absolute atomic E-state index is 13.3. The predicted octanol–water partition coefficient (Wildman–Crippen LogP) is 6.56. The van der Waals surface area contributed by atoms with Crippen molar-refractivity contribution in [3.05, 3.63) is 93.1 Å². The lowest BCUT2D eigenvalue weighted by Gasteiger charge is -2.19. The Morgan fingerprint density at radius 3 is 2.34 bits per heavy atom. The summed E-state index contributed by atoms with van der Waals surface area (Å²) in [7, 11) is 0. The molecule has 1 unspecified atom stereocenters. The number of nitrogens with one attached hydrogen (secondary N) is 1. The molecule has 1 amide bonds. The Balaban J connectivity index is 1.78. The molecule has 0 aliphatic rings. The summed E-state index contributed by atoms with van der Waals surface area (Å²) < 4.78 is 12.0. The number of carbonyl (C=O) groups is 1. The molecule has 7 heteroatoms. The van der Waals surface area contributed by atoms with Gasteiger partial charge in [-0.2, -0.15) is 0 Å². The average Bonchev–Trinajstić information content (AvgIpc) is 2.80. The number of ether oxygens (including phenoxy) is 1. The minimum absolute atomic E-state index is 0.0713. The minimum Gasteiger partial charge on any atom is -0.473 e. The van der Waals surface area contributed by atoms with Gasteiger partial charge in [0.25, 0.3) is 5.91 Å². The first-order chi connectivity index (χ1) is 15.5. The third-order valence-electron chi connectivity index (χ3n) is 4.93. The molecular formula is C25H19Cl2NO4. The van der Waals surface area contributed by atoms with Gasteiger partial charge < -0.3 is 14.5 Å². The maximum Gasteiger partial charge on any atom is 0.265 e. The fraction of sp³-hybridized carbons (Fsp3) is 0.120. The van der Waals surface area contributed by atoms with Crippen LogP contribution in [0.25, 0.3) is 22.3 Å². The third-order valence-corrected chi connectivity index (χ3v) is 5.59. The molecule has 1 atom stereocenters. The second-order valence-corrected chi connectivity index (χ2v) is 7.86. The van der Waals surface area contributed by atoms with Crippen molar-refractivity contribution in [1.29, 1.82) is 0 Å². The first-order valence-electron chi connectivity index (χ1n) is 10.0. The topological polar surface area (TPSA) is 68.5 Å². The number of benzene rings is 3. The van der Waals surface area contributed by atoms with E-state index in [1.807, 2.05) is 0 Å². The minimum atomic E-state index is -0.962. The summed E-state index contributed by atoms with van der Waals surface area (Å²) >= 11 is 12.5. The van der Waals surface area contributed by atoms with Crippen molar-refractivity contribution in [2.75, 3.05) is 5.32 Å². The van der Waals surface area contributed by atoms with Gasteiger partial charge in [0, 0.05) is 5.56 Å². The second kappa shape index (κ2) is 9.47. The highest BCUT2D eigenvalue weighted by Crippen LogP contribution is 2.36. The van der Waals surface area contributed by atoms with Crippen LogP contribution in [0.5, 0.6) is 5.75 Å². The molecule has 4 rings (SSSR count). The number of carbonyl (C=O) groups excluding carboxylic acids is 1. The number of para-hydroxylation sites is 2. The zero-order valence-electron chi connectivity index (χ0n) is 17.1. The lowest BCUT2D eigenvalue weighted by atomic mass is 10.1. The van der Waals surface area contributed by atoms with Crippen LogP contribution in [0.3, 0.4) is 0 Å². The molecule has 0 aliphatic heterocycles. The van der Waals surface area contributed by atoms with Gasteiger partial charge in [0.15, 0.2) is 11.9 Å². The number of fused-ring (bicyclic) bond motifs is 1. The van der Waals surface area contributed by atoms with E-state index in [4.69, 9.17) is 32.4 Å². The number of anilines is 1. The standard InChI is InChI=1S/C25H19Cl2NO4/c1-2-20(25(30)28-19-13-7-6-12-18(19)27)31-24-22(29)16-10-4-8-14-21(16)32-23(24)15-9-3-5-11-17(15)26/h3-14,20H,2H2,1H3,(H,28,30). The van der Waals surface area contributed by atoms with Crippen molar-refractivity contribution in [3.8, 4) is 17.1 Å². The molecule has 1 N–H and O–H groups in total. The fourth-order valence-electron chi connectivity index (χ4n) is 3.29. The van der Waals surface area contributed by atoms with Gasteiger partial charge >= 0.3 is 0 Å². The Bertz CT molecular complexity index is 1350. The van der Waals surface area contributed by atoms with Crippen LogP contribution in [0.2, 0.25) is 10.0 Å². The van der Waals surface area contributed by atoms with Crippen LogP contribution in [-0.2, 0) is 4.79 Å². The van der Waals surface area contributed by atoms with E-state index in [1.165, 1.54) is 0 Å². The van der Waals surface area contributed by atoms with Gasteiger partial charge in [-0.3, -0.25) is 9.59 Å². The summed E-state index contributed by atoms with van der Waals surface area (Å²) in [4.78, 5) is 26.3. The van der Waals surface area contributed by atoms with Crippen molar-refractivity contribution >= 4 is 45.8 Å². The highest BCUT2D eigenvalue weighted by molar-refractivity contribution is 6.34. The molecule has 162 valence electrons. The quantitative estimate of drug-likeness (QED) is 0.348. The Morgan fingerprint density at radius 1 is 0.969 bits per heavy atom. The van der Waals surface area contributed by atoms with Gasteiger partial charge in [-0.05, 0) is 42.8 Å². The lowest BCUT2D eigenvalue weighted by molar-refractivity contribution is -0.122. The summed E-state index contributed by atoms with van der Waals surface area (Å²) in [5, 5.41) is 3.89. The number of amides is 1. The monoisotopic (exact) mass is 467 g/mol. The normalized spacial score (nSPS) is 11.8. The van der Waals surface area contributed by atoms with E-state index in [0.717, 1.165) is 0 Å². The predicted molar refractivity (Wildman–Crippen MR) is 128 cm³/mol. The highest BCUT2D eigenvalue weighted by Gasteiger charge is 2.26. The zero-order valence-corrected chi connectivity index (χ0v) is 18.6. The van der Waals surface area contributed by atoms with Crippen LogP contribution in [0.4, 0.5) is 5.69 Å². The molecule has 0 fully saturated rings. The van der Waals surface area contributed by atoms with Crippen LogP contribution in [0.15, 0.2) is 82.0 Å². The second-order valence-electron chi connectivity index (χ2n) is 7.05. The first kappa shape index (κ1) is 21.9. The molecule has 5 nitrogen and oxygen atoms in total. The summed E-state index contributed by atoms with van der Waals surface area (Å²) in [5.41, 5.74) is 0.963. The van der Waals surface area contributed by atoms with Crippen LogP contribution < -0.4 is 15.5 Å². The van der Waals surface area contributed by atoms with Crippen molar-refractivity contribution < 1.29 is 13.9 Å². The SMILES string of the molecule is CCC(Oc1c(-c2ccccc2Cl)oc2ccccc2c1=O)C(=O)Nc1ccccc1Cl. The van der Waals surface area contributed by atoms with Crippen molar-refractivity contribution in [2.45, 2.75) is 19.4 Å². The highest BCUT2D eigenvalue weighted by atomic mass is 35.5. The molecule has 32 heavy (non-hydrogen) atoms. The summed E-state index contributed by atoms with van der Waals surface area (Å²) in [6.45, 7) is 1.79. The number of halogens is 2. The fourth-order valence-corrected chi connectivity index (χ4v) is 3.70. The Morgan fingerprint density at radius 2 is 1.62 bits per heavy atom. The van der Waals surface area contributed by atoms with E-state index in [-0.39, 0.29) is 16.9 Å². The number of rotatable bonds is 6. The molecular weight excluding hydrogens is 449 g/mol. The average molecular weight is 468 g/mol. The van der Waals surface area contributed by atoms with Crippen molar-refractivity contribution in [1.82, 2.24) is 0 Å². The summed E-state index contributed by atoms with van der Waals surface area (Å²) in [6, 6.07) is 20.7. The van der Waals surface area contributed by atoms with Gasteiger partial charge in [0.2, 0.25) is 11.2 Å². The molecule has 1 aromatic heterocycles. The number of hydrogen-bond donors (Lipinski definition) is 1. The van der Waals surface area contributed by atoms with E-state index < -0.39 is 12.0 Å². The smallest absolute Gasteiger partial charge is 0.265 e. The first-order valence-corrected chi connectivity index (χ1v) is 10.8. The van der Waals surface area contributed by atoms with E-state index in [2.05, 4.69) is 5.32 Å². The summed E-state index contributed by atoms with van der Waals surface area (Å²) in [5.74, 6) is -0.334. The maximum atomic E-state index is 13.3. The molecule has 4 aromatic rings. The Hall–Kier alpha value is -3.28. The van der Waals surface area contributed by atoms with Crippen LogP contribution in [0.1, 0.15) is 13.3 Å². The van der Waals surface area contributed by atoms with E-state index >= 15 is 0 Å². The summed E-state index contributed by atoms with van der Waals surface area (Å²) in [6.07, 6.45) is -0.651. The van der Waals surface area contributed by atoms with Crippen LogP contribution in [-0.4, -0.2) is 12.0 Å². The van der Waals surface area contributed by atoms with Crippen molar-refractivity contribution in [2.24, 2.45) is 0 Å². The van der Waals surface area contributed by atoms with Gasteiger partial charge in [0.1, 0.15) is 5.58 Å². The van der Waals surface area contributed by atoms with Crippen molar-refractivity contribution in [3.63, 3.8) is 0 Å². The van der Waals surface area contributed by atoms with E-state index in [0.29, 0.717) is 38.7 Å². The molecule has 0 saturated carbocycles. The zero-order chi connectivity index (χ0) is 22.7. The third kappa shape index (κ3) is 4.35. The lowest BCUT2D eigenvalue weighted by Crippen LogP contribution is -2.34. The van der Waals surface area contributed by atoms with Gasteiger partial charge in [0.05, 0.1) is 21.1 Å². The molecule has 0 bridgehead atoms. The molecule has 0 spiro atoms. The Labute approximate surface area is 194 Å². The van der Waals surface area contributed by atoms with E-state index in [9.17, 15) is 9.59 Å². The van der Waals surface area contributed by atoms with Crippen LogP contribution >= 0.6 is 23.2 Å². The molecule has 1 heterocycles. The molecule has 0 radical (unpaired) electrons. The van der Waals surface area contributed by atoms with Crippen LogP contribution in [0, 0.1) is 0 Å². The molecule has 0 aliphatic carbocycles. The van der Waals surface area contributed by atoms with Gasteiger partial charge in [-0.15, -0.1) is 0 Å². The number of hydrogen-bond acceptors (Lipinski definition) is 4. The largest absolute Gasteiger partial charge is 0.473 e.